The molecule has 0 saturated carbocycles. The van der Waals surface area contributed by atoms with Gasteiger partial charge in [-0.25, -0.2) is 9.97 Å². The summed E-state index contributed by atoms with van der Waals surface area (Å²) in [6.45, 7) is 11.3. The van der Waals surface area contributed by atoms with Gasteiger partial charge in [-0.15, -0.1) is 0 Å². The SMILES string of the molecule is CC(C)(C)[Si](C)(C)OCCOc1cnc(-c2ccccn2)nc1NCc1ccccc1C(F)(F)F. The van der Waals surface area contributed by atoms with E-state index in [2.05, 4.69) is 54.1 Å². The molecule has 3 aromatic rings. The molecule has 0 aliphatic heterocycles. The highest BCUT2D eigenvalue weighted by Gasteiger charge is 2.37. The molecule has 0 bridgehead atoms. The summed E-state index contributed by atoms with van der Waals surface area (Å²) in [6, 6.07) is 10.8. The van der Waals surface area contributed by atoms with Crippen LogP contribution in [0, 0.1) is 0 Å². The van der Waals surface area contributed by atoms with Crippen molar-refractivity contribution in [2.45, 2.75) is 51.6 Å². The zero-order chi connectivity index (χ0) is 25.7. The third-order valence-corrected chi connectivity index (χ3v) is 10.6. The molecule has 3 rings (SSSR count). The number of pyridine rings is 1. The summed E-state index contributed by atoms with van der Waals surface area (Å²) in [5.74, 6) is 0.944. The molecule has 1 aromatic carbocycles. The minimum absolute atomic E-state index is 0.0685. The Kier molecular flexibility index (Phi) is 8.17. The fourth-order valence-electron chi connectivity index (χ4n) is 3.02. The van der Waals surface area contributed by atoms with Crippen molar-refractivity contribution in [3.63, 3.8) is 0 Å². The van der Waals surface area contributed by atoms with Crippen LogP contribution < -0.4 is 10.1 Å². The Morgan fingerprint density at radius 2 is 1.66 bits per heavy atom. The Labute approximate surface area is 205 Å². The van der Waals surface area contributed by atoms with Crippen molar-refractivity contribution in [2.75, 3.05) is 18.5 Å². The number of rotatable bonds is 9. The van der Waals surface area contributed by atoms with E-state index in [9.17, 15) is 13.2 Å². The van der Waals surface area contributed by atoms with Crippen molar-refractivity contribution >= 4 is 14.1 Å². The predicted octanol–water partition coefficient (Wildman–Crippen LogP) is 6.57. The van der Waals surface area contributed by atoms with Gasteiger partial charge in [-0.05, 0) is 41.9 Å². The van der Waals surface area contributed by atoms with Gasteiger partial charge in [0.05, 0.1) is 18.4 Å². The Bertz CT molecular complexity index is 1120. The van der Waals surface area contributed by atoms with E-state index in [0.29, 0.717) is 23.9 Å². The average Bonchev–Trinajstić information content (AvgIpc) is 2.80. The number of benzene rings is 1. The van der Waals surface area contributed by atoms with Crippen LogP contribution in [0.2, 0.25) is 18.1 Å². The van der Waals surface area contributed by atoms with Crippen molar-refractivity contribution in [1.29, 1.82) is 0 Å². The summed E-state index contributed by atoms with van der Waals surface area (Å²) in [7, 11) is -1.93. The Balaban J connectivity index is 1.80. The first-order valence-corrected chi connectivity index (χ1v) is 14.2. The van der Waals surface area contributed by atoms with E-state index in [-0.39, 0.29) is 29.6 Å². The summed E-state index contributed by atoms with van der Waals surface area (Å²) in [4.78, 5) is 13.1. The quantitative estimate of drug-likeness (QED) is 0.263. The van der Waals surface area contributed by atoms with Crippen molar-refractivity contribution in [3.05, 3.63) is 66.0 Å². The van der Waals surface area contributed by atoms with Crippen LogP contribution in [0.1, 0.15) is 31.9 Å². The number of aromatic nitrogens is 3. The monoisotopic (exact) mass is 504 g/mol. The number of alkyl halides is 3. The third kappa shape index (κ3) is 7.01. The van der Waals surface area contributed by atoms with Gasteiger partial charge in [0.2, 0.25) is 0 Å². The highest BCUT2D eigenvalue weighted by molar-refractivity contribution is 6.74. The van der Waals surface area contributed by atoms with Crippen LogP contribution >= 0.6 is 0 Å². The summed E-state index contributed by atoms with van der Waals surface area (Å²) in [5, 5.41) is 3.07. The minimum Gasteiger partial charge on any atom is -0.486 e. The van der Waals surface area contributed by atoms with Crippen LogP contribution in [0.4, 0.5) is 19.0 Å². The van der Waals surface area contributed by atoms with Crippen LogP contribution in [-0.4, -0.2) is 36.5 Å². The predicted molar refractivity (Wildman–Crippen MR) is 133 cm³/mol. The Morgan fingerprint density at radius 1 is 0.943 bits per heavy atom. The van der Waals surface area contributed by atoms with E-state index >= 15 is 0 Å². The van der Waals surface area contributed by atoms with Crippen molar-refractivity contribution in [1.82, 2.24) is 15.0 Å². The molecule has 0 fully saturated rings. The second-order valence-corrected chi connectivity index (χ2v) is 14.4. The zero-order valence-corrected chi connectivity index (χ0v) is 21.6. The first-order chi connectivity index (χ1) is 16.4. The molecule has 0 aliphatic carbocycles. The lowest BCUT2D eigenvalue weighted by atomic mass is 10.1. The van der Waals surface area contributed by atoms with E-state index in [1.807, 2.05) is 0 Å². The van der Waals surface area contributed by atoms with Gasteiger partial charge in [-0.3, -0.25) is 4.98 Å². The fourth-order valence-corrected chi connectivity index (χ4v) is 4.04. The smallest absolute Gasteiger partial charge is 0.416 e. The van der Waals surface area contributed by atoms with E-state index in [0.717, 1.165) is 6.07 Å². The molecule has 2 aromatic heterocycles. The molecule has 0 unspecified atom stereocenters. The van der Waals surface area contributed by atoms with Crippen molar-refractivity contribution in [3.8, 4) is 17.3 Å². The van der Waals surface area contributed by atoms with Crippen LogP contribution in [0.15, 0.2) is 54.9 Å². The molecule has 0 radical (unpaired) electrons. The summed E-state index contributed by atoms with van der Waals surface area (Å²) < 4.78 is 52.3. The first kappa shape index (κ1) is 26.6. The molecular weight excluding hydrogens is 473 g/mol. The summed E-state index contributed by atoms with van der Waals surface area (Å²) in [6.07, 6.45) is -1.33. The topological polar surface area (TPSA) is 69.2 Å². The second-order valence-electron chi connectivity index (χ2n) is 9.59. The van der Waals surface area contributed by atoms with Crippen molar-refractivity contribution < 1.29 is 22.3 Å². The van der Waals surface area contributed by atoms with Gasteiger partial charge in [0, 0.05) is 12.7 Å². The molecule has 1 N–H and O–H groups in total. The van der Waals surface area contributed by atoms with E-state index in [1.165, 1.54) is 18.3 Å². The highest BCUT2D eigenvalue weighted by atomic mass is 28.4. The van der Waals surface area contributed by atoms with Gasteiger partial charge >= 0.3 is 6.18 Å². The maximum Gasteiger partial charge on any atom is 0.416 e. The Hall–Kier alpha value is -2.98. The number of hydrogen-bond donors (Lipinski definition) is 1. The largest absolute Gasteiger partial charge is 0.486 e. The molecule has 188 valence electrons. The van der Waals surface area contributed by atoms with E-state index in [1.54, 1.807) is 30.5 Å². The number of hydrogen-bond acceptors (Lipinski definition) is 6. The Morgan fingerprint density at radius 3 is 2.31 bits per heavy atom. The molecule has 0 atom stereocenters. The number of halogens is 3. The average molecular weight is 505 g/mol. The lowest BCUT2D eigenvalue weighted by molar-refractivity contribution is -0.138. The number of nitrogens with one attached hydrogen (secondary N) is 1. The number of ether oxygens (including phenoxy) is 1. The second kappa shape index (κ2) is 10.7. The van der Waals surface area contributed by atoms with Gasteiger partial charge < -0.3 is 14.5 Å². The molecule has 0 saturated heterocycles. The van der Waals surface area contributed by atoms with E-state index in [4.69, 9.17) is 9.16 Å². The van der Waals surface area contributed by atoms with Crippen LogP contribution in [-0.2, 0) is 17.1 Å². The van der Waals surface area contributed by atoms with Gasteiger partial charge in [-0.1, -0.05) is 45.0 Å². The fraction of sp³-hybridized carbons (Fsp3) is 0.400. The molecule has 6 nitrogen and oxygen atoms in total. The third-order valence-electron chi connectivity index (χ3n) is 6.03. The normalized spacial score (nSPS) is 12.5. The summed E-state index contributed by atoms with van der Waals surface area (Å²) >= 11 is 0. The molecule has 2 heterocycles. The number of anilines is 1. The molecule has 35 heavy (non-hydrogen) atoms. The van der Waals surface area contributed by atoms with Gasteiger partial charge in [0.1, 0.15) is 12.3 Å². The maximum atomic E-state index is 13.4. The van der Waals surface area contributed by atoms with Crippen LogP contribution in [0.3, 0.4) is 0 Å². The zero-order valence-electron chi connectivity index (χ0n) is 20.6. The lowest BCUT2D eigenvalue weighted by Crippen LogP contribution is -2.41. The number of nitrogens with zero attached hydrogens (tertiary/aromatic N) is 3. The first-order valence-electron chi connectivity index (χ1n) is 11.3. The van der Waals surface area contributed by atoms with Gasteiger partial charge in [-0.2, -0.15) is 13.2 Å². The van der Waals surface area contributed by atoms with Gasteiger partial charge in [0.25, 0.3) is 0 Å². The summed E-state index contributed by atoms with van der Waals surface area (Å²) in [5.41, 5.74) is -0.0546. The molecule has 0 aliphatic rings. The minimum atomic E-state index is -4.45. The molecular formula is C25H31F3N4O2Si. The standard InChI is InChI=1S/C25H31F3N4O2Si/c1-24(2,3)35(4,5)34-15-14-33-21-17-31-22(20-12-8-9-13-29-20)32-23(21)30-16-18-10-6-7-11-19(18)25(26,27)28/h6-13,17H,14-16H2,1-5H3,(H,30,31,32). The van der Waals surface area contributed by atoms with Crippen LogP contribution in [0.5, 0.6) is 5.75 Å². The molecule has 0 spiro atoms. The molecule has 0 amide bonds. The lowest BCUT2D eigenvalue weighted by Gasteiger charge is -2.36. The van der Waals surface area contributed by atoms with E-state index < -0.39 is 20.1 Å². The maximum absolute atomic E-state index is 13.4. The van der Waals surface area contributed by atoms with Crippen molar-refractivity contribution in [2.24, 2.45) is 0 Å². The molecule has 10 heteroatoms. The van der Waals surface area contributed by atoms with Gasteiger partial charge in [0.15, 0.2) is 25.7 Å². The highest BCUT2D eigenvalue weighted by Crippen LogP contribution is 2.36. The van der Waals surface area contributed by atoms with Crippen LogP contribution in [0.25, 0.3) is 11.5 Å².